The Morgan fingerprint density at radius 3 is 2.68 bits per heavy atom. The Hall–Kier alpha value is -2.83. The van der Waals surface area contributed by atoms with Gasteiger partial charge in [0.2, 0.25) is 0 Å². The lowest BCUT2D eigenvalue weighted by atomic mass is 10.1. The van der Waals surface area contributed by atoms with Gasteiger partial charge in [-0.25, -0.2) is 4.98 Å². The van der Waals surface area contributed by atoms with Gasteiger partial charge in [-0.15, -0.1) is 0 Å². The summed E-state index contributed by atoms with van der Waals surface area (Å²) >= 11 is 6.76. The number of nitrogens with two attached hydrogens (primary N) is 1. The fraction of sp³-hybridized carbons (Fsp3) is 0.238. The maximum absolute atomic E-state index is 6.76. The molecule has 6 nitrogen and oxygen atoms in total. The third kappa shape index (κ3) is 2.85. The van der Waals surface area contributed by atoms with E-state index < -0.39 is 0 Å². The fourth-order valence-electron chi connectivity index (χ4n) is 3.83. The molecule has 28 heavy (non-hydrogen) atoms. The van der Waals surface area contributed by atoms with Crippen molar-refractivity contribution in [2.75, 3.05) is 18.8 Å². The molecule has 1 aliphatic heterocycles. The quantitative estimate of drug-likeness (QED) is 0.534. The Balaban J connectivity index is 1.63. The van der Waals surface area contributed by atoms with E-state index in [9.17, 15) is 0 Å². The Morgan fingerprint density at radius 2 is 1.89 bits per heavy atom. The highest BCUT2D eigenvalue weighted by molar-refractivity contribution is 6.39. The summed E-state index contributed by atoms with van der Waals surface area (Å²) in [6.45, 7) is 2.03. The average Bonchev–Trinajstić information content (AvgIpc) is 3.36. The summed E-state index contributed by atoms with van der Waals surface area (Å²) in [5, 5.41) is 9.30. The van der Waals surface area contributed by atoms with Gasteiger partial charge in [-0.3, -0.25) is 4.68 Å². The predicted octanol–water partition coefficient (Wildman–Crippen LogP) is 4.52. The third-order valence-corrected chi connectivity index (χ3v) is 5.68. The summed E-state index contributed by atoms with van der Waals surface area (Å²) in [5.41, 5.74) is 9.34. The first-order chi connectivity index (χ1) is 13.7. The highest BCUT2D eigenvalue weighted by atomic mass is 35.5. The van der Waals surface area contributed by atoms with Crippen LogP contribution >= 0.6 is 11.6 Å². The van der Waals surface area contributed by atoms with Crippen LogP contribution in [-0.4, -0.2) is 27.9 Å². The largest absolute Gasteiger partial charge is 0.451 e. The molecular formula is C21H20ClN5O. The number of anilines is 1. The number of benzene rings is 1. The van der Waals surface area contributed by atoms with Crippen LogP contribution in [0.4, 0.5) is 5.82 Å². The van der Waals surface area contributed by atoms with Crippen molar-refractivity contribution in [3.05, 3.63) is 53.9 Å². The van der Waals surface area contributed by atoms with E-state index in [4.69, 9.17) is 21.8 Å². The minimum absolute atomic E-state index is 0.327. The van der Waals surface area contributed by atoms with Crippen molar-refractivity contribution >= 4 is 28.4 Å². The first-order valence-electron chi connectivity index (χ1n) is 9.39. The zero-order valence-electron chi connectivity index (χ0n) is 15.2. The van der Waals surface area contributed by atoms with E-state index in [-0.39, 0.29) is 0 Å². The Morgan fingerprint density at radius 1 is 1.11 bits per heavy atom. The molecule has 0 amide bonds. The molecule has 0 atom stereocenters. The predicted molar refractivity (Wildman–Crippen MR) is 111 cm³/mol. The van der Waals surface area contributed by atoms with Gasteiger partial charge >= 0.3 is 0 Å². The zero-order chi connectivity index (χ0) is 19.1. The summed E-state index contributed by atoms with van der Waals surface area (Å²) in [5.74, 6) is 0.928. The average molecular weight is 394 g/mol. The third-order valence-electron chi connectivity index (χ3n) is 5.32. The maximum atomic E-state index is 6.76. The van der Waals surface area contributed by atoms with Gasteiger partial charge in [0, 0.05) is 29.1 Å². The van der Waals surface area contributed by atoms with Gasteiger partial charge in [0.05, 0.1) is 22.6 Å². The van der Waals surface area contributed by atoms with Crippen molar-refractivity contribution in [3.63, 3.8) is 0 Å². The molecule has 0 unspecified atom stereocenters. The molecule has 3 aromatic heterocycles. The SMILES string of the molecule is Nc1ncc(-c2cnn(C3CCNCC3)c2)c2c(Cl)c(-c3ccccc3)oc12. The van der Waals surface area contributed by atoms with E-state index in [2.05, 4.69) is 21.6 Å². The summed E-state index contributed by atoms with van der Waals surface area (Å²) in [7, 11) is 0. The van der Waals surface area contributed by atoms with E-state index in [1.807, 2.05) is 41.2 Å². The standard InChI is InChI=1S/C21H20ClN5O/c22-18-17-16(14-10-26-27(12-14)15-6-8-24-9-7-15)11-25-21(23)20(17)28-19(18)13-4-2-1-3-5-13/h1-5,10-12,15,24H,6-9H2,(H2,23,25). The van der Waals surface area contributed by atoms with Gasteiger partial charge in [-0.2, -0.15) is 5.10 Å². The van der Waals surface area contributed by atoms with Crippen LogP contribution in [0.3, 0.4) is 0 Å². The number of nitrogens with zero attached hydrogens (tertiary/aromatic N) is 3. The number of aromatic nitrogens is 3. The molecule has 3 N–H and O–H groups in total. The van der Waals surface area contributed by atoms with Crippen LogP contribution in [0.25, 0.3) is 33.4 Å². The van der Waals surface area contributed by atoms with Crippen molar-refractivity contribution in [2.45, 2.75) is 18.9 Å². The minimum atomic E-state index is 0.327. The molecule has 0 saturated carbocycles. The molecule has 4 aromatic rings. The van der Waals surface area contributed by atoms with Crippen molar-refractivity contribution in [3.8, 4) is 22.5 Å². The van der Waals surface area contributed by atoms with Crippen molar-refractivity contribution in [2.24, 2.45) is 0 Å². The number of hydrogen-bond acceptors (Lipinski definition) is 5. The zero-order valence-corrected chi connectivity index (χ0v) is 16.0. The number of piperidine rings is 1. The van der Waals surface area contributed by atoms with Crippen LogP contribution in [0.1, 0.15) is 18.9 Å². The fourth-order valence-corrected chi connectivity index (χ4v) is 4.17. The monoisotopic (exact) mass is 393 g/mol. The van der Waals surface area contributed by atoms with Crippen LogP contribution in [-0.2, 0) is 0 Å². The first kappa shape index (κ1) is 17.3. The van der Waals surface area contributed by atoms with Gasteiger partial charge in [0.1, 0.15) is 0 Å². The van der Waals surface area contributed by atoms with Crippen molar-refractivity contribution < 1.29 is 4.42 Å². The lowest BCUT2D eigenvalue weighted by molar-refractivity contribution is 0.343. The number of furan rings is 1. The molecule has 0 radical (unpaired) electrons. The topological polar surface area (TPSA) is 81.9 Å². The smallest absolute Gasteiger partial charge is 0.179 e. The van der Waals surface area contributed by atoms with Gasteiger partial charge in [0.25, 0.3) is 0 Å². The van der Waals surface area contributed by atoms with E-state index in [0.29, 0.717) is 28.2 Å². The van der Waals surface area contributed by atoms with Crippen LogP contribution in [0.15, 0.2) is 53.3 Å². The van der Waals surface area contributed by atoms with Crippen LogP contribution < -0.4 is 11.1 Å². The number of pyridine rings is 1. The minimum Gasteiger partial charge on any atom is -0.451 e. The molecule has 1 aliphatic rings. The van der Waals surface area contributed by atoms with Crippen LogP contribution in [0, 0.1) is 0 Å². The summed E-state index contributed by atoms with van der Waals surface area (Å²) in [4.78, 5) is 4.33. The van der Waals surface area contributed by atoms with E-state index in [1.54, 1.807) is 6.20 Å². The molecule has 1 saturated heterocycles. The summed E-state index contributed by atoms with van der Waals surface area (Å²) in [6.07, 6.45) is 7.81. The second kappa shape index (κ2) is 6.96. The number of fused-ring (bicyclic) bond motifs is 1. The van der Waals surface area contributed by atoms with Gasteiger partial charge in [-0.1, -0.05) is 41.9 Å². The van der Waals surface area contributed by atoms with Crippen molar-refractivity contribution in [1.82, 2.24) is 20.1 Å². The number of halogens is 1. The van der Waals surface area contributed by atoms with E-state index >= 15 is 0 Å². The molecule has 0 aliphatic carbocycles. The number of nitrogens with one attached hydrogen (secondary N) is 1. The van der Waals surface area contributed by atoms with Crippen LogP contribution in [0.5, 0.6) is 0 Å². The normalized spacial score (nSPS) is 15.3. The van der Waals surface area contributed by atoms with E-state index in [1.165, 1.54) is 0 Å². The molecule has 4 heterocycles. The maximum Gasteiger partial charge on any atom is 0.179 e. The second-order valence-corrected chi connectivity index (χ2v) is 7.44. The van der Waals surface area contributed by atoms with Crippen molar-refractivity contribution in [1.29, 1.82) is 0 Å². The van der Waals surface area contributed by atoms with E-state index in [0.717, 1.165) is 48.0 Å². The van der Waals surface area contributed by atoms with Gasteiger partial charge in [-0.05, 0) is 25.9 Å². The molecule has 1 aromatic carbocycles. The Bertz CT molecular complexity index is 1130. The van der Waals surface area contributed by atoms with Gasteiger partial charge < -0.3 is 15.5 Å². The Kier molecular flexibility index (Phi) is 4.30. The van der Waals surface area contributed by atoms with Gasteiger partial charge in [0.15, 0.2) is 17.2 Å². The second-order valence-electron chi connectivity index (χ2n) is 7.06. The lowest BCUT2D eigenvalue weighted by Crippen LogP contribution is -2.29. The Labute approximate surface area is 167 Å². The molecule has 5 rings (SSSR count). The highest BCUT2D eigenvalue weighted by Crippen LogP contribution is 2.43. The molecular weight excluding hydrogens is 374 g/mol. The molecule has 0 bridgehead atoms. The molecule has 7 heteroatoms. The highest BCUT2D eigenvalue weighted by Gasteiger charge is 2.22. The molecule has 142 valence electrons. The number of rotatable bonds is 3. The molecule has 0 spiro atoms. The summed E-state index contributed by atoms with van der Waals surface area (Å²) < 4.78 is 8.09. The first-order valence-corrected chi connectivity index (χ1v) is 9.77. The lowest BCUT2D eigenvalue weighted by Gasteiger charge is -2.22. The number of hydrogen-bond donors (Lipinski definition) is 2. The summed E-state index contributed by atoms with van der Waals surface area (Å²) in [6, 6.07) is 10.2. The van der Waals surface area contributed by atoms with Crippen LogP contribution in [0.2, 0.25) is 5.02 Å². The molecule has 1 fully saturated rings. The number of nitrogen functional groups attached to an aromatic ring is 1.